The van der Waals surface area contributed by atoms with Crippen molar-refractivity contribution in [3.8, 4) is 0 Å². The quantitative estimate of drug-likeness (QED) is 0.870. The highest BCUT2D eigenvalue weighted by Gasteiger charge is 2.02. The summed E-state index contributed by atoms with van der Waals surface area (Å²) in [4.78, 5) is 5.83. The maximum atomic E-state index is 4.42. The molecule has 3 heteroatoms. The van der Waals surface area contributed by atoms with Crippen LogP contribution in [0.25, 0.3) is 0 Å². The Bertz CT molecular complexity index is 462. The highest BCUT2D eigenvalue weighted by molar-refractivity contribution is 7.10. The zero-order valence-corrected chi connectivity index (χ0v) is 10.5. The molecule has 0 aliphatic heterocycles. The lowest BCUT2D eigenvalue weighted by molar-refractivity contribution is 1.06. The first-order valence-corrected chi connectivity index (χ1v) is 6.40. The Morgan fingerprint density at radius 2 is 2.19 bits per heavy atom. The molecule has 2 aromatic heterocycles. The van der Waals surface area contributed by atoms with Gasteiger partial charge in [-0.05, 0) is 42.5 Å². The number of anilines is 1. The van der Waals surface area contributed by atoms with Gasteiger partial charge in [0.1, 0.15) is 5.82 Å². The Hall–Kier alpha value is -1.35. The molecule has 0 fully saturated rings. The summed E-state index contributed by atoms with van der Waals surface area (Å²) in [5.41, 5.74) is 2.48. The van der Waals surface area contributed by atoms with Crippen LogP contribution in [0, 0.1) is 6.92 Å². The van der Waals surface area contributed by atoms with E-state index in [9.17, 15) is 0 Å². The molecular weight excluding hydrogens is 216 g/mol. The molecular formula is C13H16N2S. The summed E-state index contributed by atoms with van der Waals surface area (Å²) in [6, 6.07) is 8.24. The first-order chi connectivity index (χ1) is 7.79. The van der Waals surface area contributed by atoms with Crippen molar-refractivity contribution >= 4 is 17.2 Å². The van der Waals surface area contributed by atoms with Crippen LogP contribution in [0.4, 0.5) is 5.82 Å². The molecule has 0 atom stereocenters. The van der Waals surface area contributed by atoms with E-state index in [0.717, 1.165) is 24.5 Å². The van der Waals surface area contributed by atoms with E-state index in [2.05, 4.69) is 28.7 Å². The molecule has 0 aliphatic carbocycles. The van der Waals surface area contributed by atoms with Gasteiger partial charge in [0.05, 0.1) is 6.54 Å². The fourth-order valence-corrected chi connectivity index (χ4v) is 2.57. The number of pyridine rings is 1. The van der Waals surface area contributed by atoms with Crippen LogP contribution < -0.4 is 5.32 Å². The highest BCUT2D eigenvalue weighted by Crippen LogP contribution is 2.18. The van der Waals surface area contributed by atoms with Gasteiger partial charge in [0.2, 0.25) is 0 Å². The van der Waals surface area contributed by atoms with E-state index in [1.165, 1.54) is 10.4 Å². The van der Waals surface area contributed by atoms with E-state index in [0.29, 0.717) is 0 Å². The molecule has 0 amide bonds. The van der Waals surface area contributed by atoms with Crippen molar-refractivity contribution in [2.45, 2.75) is 26.8 Å². The van der Waals surface area contributed by atoms with Crippen molar-refractivity contribution in [1.82, 2.24) is 4.98 Å². The highest BCUT2D eigenvalue weighted by atomic mass is 32.1. The van der Waals surface area contributed by atoms with Gasteiger partial charge in [0.25, 0.3) is 0 Å². The largest absolute Gasteiger partial charge is 0.365 e. The Kier molecular flexibility index (Phi) is 3.57. The lowest BCUT2D eigenvalue weighted by Crippen LogP contribution is -2.01. The monoisotopic (exact) mass is 232 g/mol. The summed E-state index contributed by atoms with van der Waals surface area (Å²) in [5.74, 6) is 0.954. The van der Waals surface area contributed by atoms with Crippen LogP contribution in [-0.4, -0.2) is 4.98 Å². The third-order valence-corrected chi connectivity index (χ3v) is 3.50. The second kappa shape index (κ2) is 5.12. The van der Waals surface area contributed by atoms with Crippen molar-refractivity contribution < 1.29 is 0 Å². The van der Waals surface area contributed by atoms with Gasteiger partial charge in [-0.1, -0.05) is 13.0 Å². The van der Waals surface area contributed by atoms with Crippen molar-refractivity contribution in [2.75, 3.05) is 5.32 Å². The van der Waals surface area contributed by atoms with Gasteiger partial charge >= 0.3 is 0 Å². The normalized spacial score (nSPS) is 10.4. The molecule has 0 saturated carbocycles. The number of thiophene rings is 1. The van der Waals surface area contributed by atoms with Gasteiger partial charge in [-0.3, -0.25) is 0 Å². The number of nitrogens with one attached hydrogen (secondary N) is 1. The summed E-state index contributed by atoms with van der Waals surface area (Å²) >= 11 is 1.81. The molecule has 16 heavy (non-hydrogen) atoms. The van der Waals surface area contributed by atoms with E-state index < -0.39 is 0 Å². The van der Waals surface area contributed by atoms with Crippen molar-refractivity contribution in [3.63, 3.8) is 0 Å². The number of hydrogen-bond donors (Lipinski definition) is 1. The summed E-state index contributed by atoms with van der Waals surface area (Å²) in [5, 5.41) is 5.51. The fourth-order valence-electron chi connectivity index (χ4n) is 1.65. The molecule has 0 aromatic carbocycles. The molecule has 0 bridgehead atoms. The smallest absolute Gasteiger partial charge is 0.126 e. The molecule has 84 valence electrons. The average Bonchev–Trinajstić information content (AvgIpc) is 2.74. The standard InChI is InChI=1S/C13H16N2S/c1-3-11-7-8-16-12(11)9-14-13-6-4-5-10(2)15-13/h4-8H,3,9H2,1-2H3,(H,14,15). The Labute approximate surface area is 100 Å². The van der Waals surface area contributed by atoms with Gasteiger partial charge in [0.15, 0.2) is 0 Å². The second-order valence-electron chi connectivity index (χ2n) is 3.74. The lowest BCUT2D eigenvalue weighted by atomic mass is 10.2. The van der Waals surface area contributed by atoms with Crippen LogP contribution >= 0.6 is 11.3 Å². The van der Waals surface area contributed by atoms with Crippen LogP contribution in [0.2, 0.25) is 0 Å². The number of rotatable bonds is 4. The minimum Gasteiger partial charge on any atom is -0.365 e. The van der Waals surface area contributed by atoms with E-state index in [4.69, 9.17) is 0 Å². The van der Waals surface area contributed by atoms with E-state index >= 15 is 0 Å². The average molecular weight is 232 g/mol. The van der Waals surface area contributed by atoms with Crippen LogP contribution in [-0.2, 0) is 13.0 Å². The predicted molar refractivity (Wildman–Crippen MR) is 70.0 cm³/mol. The predicted octanol–water partition coefficient (Wildman–Crippen LogP) is 3.63. The van der Waals surface area contributed by atoms with Crippen molar-refractivity contribution in [1.29, 1.82) is 0 Å². The SMILES string of the molecule is CCc1ccsc1CNc1cccc(C)n1. The molecule has 2 nitrogen and oxygen atoms in total. The number of aryl methyl sites for hydroxylation is 2. The maximum absolute atomic E-state index is 4.42. The van der Waals surface area contributed by atoms with Crippen LogP contribution in [0.1, 0.15) is 23.1 Å². The first-order valence-electron chi connectivity index (χ1n) is 5.52. The topological polar surface area (TPSA) is 24.9 Å². The van der Waals surface area contributed by atoms with E-state index in [1.807, 2.05) is 36.5 Å². The summed E-state index contributed by atoms with van der Waals surface area (Å²) in [6.07, 6.45) is 1.10. The van der Waals surface area contributed by atoms with Gasteiger partial charge in [-0.25, -0.2) is 4.98 Å². The third-order valence-electron chi connectivity index (χ3n) is 2.54. The van der Waals surface area contributed by atoms with E-state index in [1.54, 1.807) is 0 Å². The summed E-state index contributed by atoms with van der Waals surface area (Å²) < 4.78 is 0. The zero-order chi connectivity index (χ0) is 11.4. The maximum Gasteiger partial charge on any atom is 0.126 e. The molecule has 0 unspecified atom stereocenters. The minimum atomic E-state index is 0.872. The Morgan fingerprint density at radius 1 is 1.31 bits per heavy atom. The Morgan fingerprint density at radius 3 is 2.94 bits per heavy atom. The minimum absolute atomic E-state index is 0.872. The molecule has 0 aliphatic rings. The number of aromatic nitrogens is 1. The third kappa shape index (κ3) is 2.61. The number of hydrogen-bond acceptors (Lipinski definition) is 3. The van der Waals surface area contributed by atoms with Gasteiger partial charge in [-0.2, -0.15) is 0 Å². The zero-order valence-electron chi connectivity index (χ0n) is 9.66. The molecule has 2 rings (SSSR count). The van der Waals surface area contributed by atoms with E-state index in [-0.39, 0.29) is 0 Å². The molecule has 2 heterocycles. The second-order valence-corrected chi connectivity index (χ2v) is 4.74. The van der Waals surface area contributed by atoms with Crippen LogP contribution in [0.15, 0.2) is 29.6 Å². The molecule has 2 aromatic rings. The molecule has 0 saturated heterocycles. The summed E-state index contributed by atoms with van der Waals surface area (Å²) in [6.45, 7) is 5.07. The van der Waals surface area contributed by atoms with Crippen molar-refractivity contribution in [2.24, 2.45) is 0 Å². The van der Waals surface area contributed by atoms with Crippen LogP contribution in [0.3, 0.4) is 0 Å². The van der Waals surface area contributed by atoms with Crippen LogP contribution in [0.5, 0.6) is 0 Å². The fraction of sp³-hybridized carbons (Fsp3) is 0.308. The number of nitrogens with zero attached hydrogens (tertiary/aromatic N) is 1. The van der Waals surface area contributed by atoms with Gasteiger partial charge < -0.3 is 5.32 Å². The summed E-state index contributed by atoms with van der Waals surface area (Å²) in [7, 11) is 0. The molecule has 1 N–H and O–H groups in total. The Balaban J connectivity index is 2.02. The van der Waals surface area contributed by atoms with Crippen molar-refractivity contribution in [3.05, 3.63) is 45.8 Å². The first kappa shape index (κ1) is 11.1. The van der Waals surface area contributed by atoms with Gasteiger partial charge in [0, 0.05) is 10.6 Å². The molecule has 0 spiro atoms. The van der Waals surface area contributed by atoms with Gasteiger partial charge in [-0.15, -0.1) is 11.3 Å². The lowest BCUT2D eigenvalue weighted by Gasteiger charge is -2.06. The molecule has 0 radical (unpaired) electrons.